The number of carbonyl (C=O) groups is 12. The number of aromatic hydroxyl groups is 1. The number of nitrogens with two attached hydrogens (primary N) is 2. The second-order valence-corrected chi connectivity index (χ2v) is 21.6. The Morgan fingerprint density at radius 1 is 0.647 bits per heavy atom. The molecule has 1 aromatic heterocycles. The van der Waals surface area contributed by atoms with E-state index in [1.54, 1.807) is 13.1 Å². The molecule has 1 saturated heterocycles. The molecule has 8 atom stereocenters. The molecule has 0 radical (unpaired) electrons. The fourth-order valence-corrected chi connectivity index (χ4v) is 9.73. The van der Waals surface area contributed by atoms with E-state index < -0.39 is 134 Å². The molecule has 0 spiro atoms. The third kappa shape index (κ3) is 24.2. The largest absolute Gasteiger partial charge is 0.508 e. The van der Waals surface area contributed by atoms with Crippen LogP contribution < -0.4 is 54.0 Å². The Labute approximate surface area is 493 Å². The molecule has 0 aliphatic carbocycles. The number of hydrogen-bond acceptors (Lipinski definition) is 14. The third-order valence-electron chi connectivity index (χ3n) is 14.6. The van der Waals surface area contributed by atoms with Crippen LogP contribution in [0.1, 0.15) is 128 Å². The van der Waals surface area contributed by atoms with Gasteiger partial charge in [0.05, 0.1) is 38.5 Å². The lowest BCUT2D eigenvalue weighted by molar-refractivity contribution is -0.143. The molecule has 10 amide bonds. The summed E-state index contributed by atoms with van der Waals surface area (Å²) in [5, 5.41) is 49.1. The van der Waals surface area contributed by atoms with Gasteiger partial charge in [0.1, 0.15) is 36.0 Å². The number of phenols is 1. The number of fused-ring (bicyclic) bond motifs is 1. The van der Waals surface area contributed by atoms with Crippen molar-refractivity contribution < 1.29 is 72.9 Å². The number of benzene rings is 2. The standard InChI is InChI=1S/C58H84N12O15/c1-4-34(2)52(57(84)65-35(3)16-11-9-7-5-6-8-10-12-20-50(76)77)69-49(75)32-62-47(73)31-63-54(81)42(26-36-21-23-38(71)24-22-36)67-55(82)43(29-51(78)79)66-48(74)33-64-56(83)45-19-15-25-70(45)58(85)44(28-46(60)72)68-53(80)40(59)27-37-30-61-41-18-14-13-17-39(37)41/h13-14,17-18,21-24,30,34-35,40,42-45,52,61,71H,4-12,15-16,19-20,25-29,31-33,59H2,1-3H3,(H2,60,72)(H,62,73)(H,63,81)(H,64,83)(H,65,84)(H,66,74)(H,67,82)(H,68,80)(H,69,75)(H,76,77)(H,78,79)/t34-,35+,40-,42-,43-,44-,45-,52-/m0/s1. The summed E-state index contributed by atoms with van der Waals surface area (Å²) in [5.74, 6) is -11.0. The van der Waals surface area contributed by atoms with Crippen LogP contribution in [0.25, 0.3) is 10.9 Å². The molecule has 4 rings (SSSR count). The third-order valence-corrected chi connectivity index (χ3v) is 14.6. The molecule has 27 heteroatoms. The van der Waals surface area contributed by atoms with Crippen molar-refractivity contribution >= 4 is 81.9 Å². The minimum absolute atomic E-state index is 0.0307. The van der Waals surface area contributed by atoms with Crippen molar-refractivity contribution in [1.29, 1.82) is 0 Å². The Morgan fingerprint density at radius 3 is 1.93 bits per heavy atom. The van der Waals surface area contributed by atoms with Crippen molar-refractivity contribution in [3.05, 3.63) is 65.9 Å². The van der Waals surface area contributed by atoms with Crippen molar-refractivity contribution in [2.24, 2.45) is 17.4 Å². The van der Waals surface area contributed by atoms with E-state index in [1.165, 1.54) is 24.3 Å². The average molecular weight is 1190 g/mol. The van der Waals surface area contributed by atoms with Crippen LogP contribution in [0.3, 0.4) is 0 Å². The molecular weight excluding hydrogens is 1100 g/mol. The maximum Gasteiger partial charge on any atom is 0.305 e. The summed E-state index contributed by atoms with van der Waals surface area (Å²) in [6.45, 7) is 3.50. The number of carboxylic acids is 2. The Bertz CT molecular complexity index is 2790. The van der Waals surface area contributed by atoms with Crippen molar-refractivity contribution in [2.45, 2.75) is 172 Å². The molecule has 0 unspecified atom stereocenters. The van der Waals surface area contributed by atoms with Crippen molar-refractivity contribution in [1.82, 2.24) is 52.4 Å². The van der Waals surface area contributed by atoms with Gasteiger partial charge >= 0.3 is 11.9 Å². The van der Waals surface area contributed by atoms with E-state index >= 15 is 0 Å². The maximum atomic E-state index is 13.9. The lowest BCUT2D eigenvalue weighted by Gasteiger charge is -2.29. The quantitative estimate of drug-likeness (QED) is 0.0340. The highest BCUT2D eigenvalue weighted by atomic mass is 16.4. The maximum absolute atomic E-state index is 13.9. The zero-order valence-corrected chi connectivity index (χ0v) is 48.5. The fourth-order valence-electron chi connectivity index (χ4n) is 9.73. The highest BCUT2D eigenvalue weighted by Crippen LogP contribution is 2.22. The van der Waals surface area contributed by atoms with E-state index in [-0.39, 0.29) is 55.8 Å². The monoisotopic (exact) mass is 1190 g/mol. The van der Waals surface area contributed by atoms with Gasteiger partial charge in [-0.3, -0.25) is 57.5 Å². The van der Waals surface area contributed by atoms with Gasteiger partial charge in [0.2, 0.25) is 59.1 Å². The van der Waals surface area contributed by atoms with Crippen LogP contribution in [0.15, 0.2) is 54.7 Å². The molecule has 2 aromatic carbocycles. The van der Waals surface area contributed by atoms with Gasteiger partial charge in [-0.25, -0.2) is 0 Å². The number of unbranched alkanes of at least 4 members (excludes halogenated alkanes) is 7. The summed E-state index contributed by atoms with van der Waals surface area (Å²) in [6, 6.07) is 4.61. The zero-order valence-electron chi connectivity index (χ0n) is 48.5. The van der Waals surface area contributed by atoms with Crippen molar-refractivity contribution in [3.8, 4) is 5.75 Å². The summed E-state index contributed by atoms with van der Waals surface area (Å²) in [5.41, 5.74) is 13.6. The van der Waals surface area contributed by atoms with Crippen LogP contribution in [-0.2, 0) is 70.4 Å². The number of nitrogens with one attached hydrogen (secondary N) is 9. The zero-order chi connectivity index (χ0) is 62.6. The predicted molar refractivity (Wildman–Crippen MR) is 310 cm³/mol. The first kappa shape index (κ1) is 68.9. The number of rotatable bonds is 38. The van der Waals surface area contributed by atoms with Crippen LogP contribution in [0.2, 0.25) is 0 Å². The first-order chi connectivity index (χ1) is 40.4. The van der Waals surface area contributed by atoms with Gasteiger partial charge in [0.15, 0.2) is 0 Å². The number of nitrogens with zero attached hydrogens (tertiary/aromatic N) is 1. The average Bonchev–Trinajstić information content (AvgIpc) is 4.18. The van der Waals surface area contributed by atoms with E-state index in [2.05, 4.69) is 47.5 Å². The van der Waals surface area contributed by atoms with Gasteiger partial charge < -0.3 is 79.2 Å². The predicted octanol–water partition coefficient (Wildman–Crippen LogP) is 0.151. The second-order valence-electron chi connectivity index (χ2n) is 21.6. The second kappa shape index (κ2) is 35.5. The molecule has 0 bridgehead atoms. The van der Waals surface area contributed by atoms with E-state index in [1.807, 2.05) is 38.1 Å². The SMILES string of the molecule is CC[C@H](C)[C@H](NC(=O)CNC(=O)CNC(=O)[C@H](Cc1ccc(O)cc1)NC(=O)[C@H](CC(=O)O)NC(=O)CNC(=O)[C@@H]1CCCN1C(=O)[C@H](CC(N)=O)NC(=O)[C@@H](N)Cc1c[nH]c2ccccc12)C(=O)N[C@H](C)CCCCCCCCCCC(=O)O. The van der Waals surface area contributed by atoms with E-state index in [0.29, 0.717) is 24.8 Å². The molecule has 1 fully saturated rings. The van der Waals surface area contributed by atoms with Crippen molar-refractivity contribution in [3.63, 3.8) is 0 Å². The number of primary amides is 1. The Morgan fingerprint density at radius 2 is 1.27 bits per heavy atom. The molecule has 0 saturated carbocycles. The number of carboxylic acid groups (broad SMARTS) is 2. The Hall–Kier alpha value is -8.62. The molecule has 16 N–H and O–H groups in total. The molecule has 27 nitrogen and oxygen atoms in total. The molecule has 85 heavy (non-hydrogen) atoms. The number of aliphatic carboxylic acids is 2. The Balaban J connectivity index is 1.29. The summed E-state index contributed by atoms with van der Waals surface area (Å²) in [7, 11) is 0. The number of carbonyl (C=O) groups excluding carboxylic acids is 10. The molecule has 466 valence electrons. The smallest absolute Gasteiger partial charge is 0.305 e. The number of amides is 10. The lowest BCUT2D eigenvalue weighted by Crippen LogP contribution is -2.58. The summed E-state index contributed by atoms with van der Waals surface area (Å²) in [4.78, 5) is 160. The fraction of sp³-hybridized carbons (Fsp3) is 0.552. The summed E-state index contributed by atoms with van der Waals surface area (Å²) in [6.07, 6.45) is 9.35. The molecule has 1 aliphatic heterocycles. The van der Waals surface area contributed by atoms with Gasteiger partial charge in [-0.15, -0.1) is 0 Å². The minimum atomic E-state index is -1.83. The molecule has 1 aliphatic rings. The Kier molecular flexibility index (Phi) is 28.8. The highest BCUT2D eigenvalue weighted by Gasteiger charge is 2.39. The van der Waals surface area contributed by atoms with E-state index in [9.17, 15) is 67.7 Å². The van der Waals surface area contributed by atoms with E-state index in [0.717, 1.165) is 72.7 Å². The first-order valence-corrected chi connectivity index (χ1v) is 28.9. The topological polar surface area (TPSA) is 433 Å². The minimum Gasteiger partial charge on any atom is -0.508 e. The van der Waals surface area contributed by atoms with Gasteiger partial charge in [-0.05, 0) is 74.3 Å². The summed E-state index contributed by atoms with van der Waals surface area (Å²) >= 11 is 0. The number of aromatic amines is 1. The molecular formula is C58H84N12O15. The van der Waals surface area contributed by atoms with Crippen LogP contribution in [-0.4, -0.2) is 165 Å². The van der Waals surface area contributed by atoms with E-state index in [4.69, 9.17) is 16.6 Å². The van der Waals surface area contributed by atoms with Gasteiger partial charge in [0.25, 0.3) is 0 Å². The van der Waals surface area contributed by atoms with Crippen molar-refractivity contribution in [2.75, 3.05) is 26.2 Å². The number of H-pyrrole nitrogens is 1. The normalized spacial score (nSPS) is 15.3. The number of aromatic nitrogens is 1. The van der Waals surface area contributed by atoms with Gasteiger partial charge in [-0.1, -0.05) is 95.5 Å². The number of para-hydroxylation sites is 1. The number of hydrogen-bond donors (Lipinski definition) is 14. The van der Waals surface area contributed by atoms with Gasteiger partial charge in [0, 0.05) is 42.5 Å². The number of phenolic OH excluding ortho intramolecular Hbond substituents is 1. The highest BCUT2D eigenvalue weighted by molar-refractivity contribution is 5.99. The van der Waals surface area contributed by atoms with Gasteiger partial charge in [-0.2, -0.15) is 0 Å². The van der Waals surface area contributed by atoms with Crippen LogP contribution >= 0.6 is 0 Å². The van der Waals surface area contributed by atoms with Crippen LogP contribution in [0, 0.1) is 5.92 Å². The molecule has 2 heterocycles. The number of likely N-dealkylation sites (tertiary alicyclic amines) is 1. The van der Waals surface area contributed by atoms with Crippen LogP contribution in [0.5, 0.6) is 5.75 Å². The lowest BCUT2D eigenvalue weighted by atomic mass is 9.97. The molecule has 3 aromatic rings. The summed E-state index contributed by atoms with van der Waals surface area (Å²) < 4.78 is 0. The van der Waals surface area contributed by atoms with Crippen LogP contribution in [0.4, 0.5) is 0 Å². The first-order valence-electron chi connectivity index (χ1n) is 28.9.